The van der Waals surface area contributed by atoms with Gasteiger partial charge in [0.05, 0.1) is 6.42 Å². The number of ketones is 1. The summed E-state index contributed by atoms with van der Waals surface area (Å²) in [6.45, 7) is 4.97. The van der Waals surface area contributed by atoms with Crippen LogP contribution < -0.4 is 5.32 Å². The van der Waals surface area contributed by atoms with E-state index in [0.29, 0.717) is 12.8 Å². The van der Waals surface area contributed by atoms with Crippen molar-refractivity contribution in [3.05, 3.63) is 18.2 Å². The van der Waals surface area contributed by atoms with Gasteiger partial charge in [0.25, 0.3) is 0 Å². The van der Waals surface area contributed by atoms with Gasteiger partial charge in [0.15, 0.2) is 0 Å². The normalized spacial score (nSPS) is 12.7. The molecule has 0 fully saturated rings. The van der Waals surface area contributed by atoms with Crippen LogP contribution in [0.5, 0.6) is 0 Å². The second-order valence-electron chi connectivity index (χ2n) is 3.83. The quantitative estimate of drug-likeness (QED) is 0.758. The molecule has 1 unspecified atom stereocenters. The maximum atomic E-state index is 11.7. The number of hydrogen-bond donors (Lipinski definition) is 1. The number of hydrogen-bond acceptors (Lipinski definition) is 3. The zero-order valence-electron chi connectivity index (χ0n) is 9.66. The number of nitrogens with zero attached hydrogens (tertiary/aromatic N) is 2. The van der Waals surface area contributed by atoms with E-state index in [-0.39, 0.29) is 11.8 Å². The number of aryl methyl sites for hydroxylation is 1. The van der Waals surface area contributed by atoms with Crippen molar-refractivity contribution in [3.8, 4) is 0 Å². The molecule has 4 nitrogen and oxygen atoms in total. The first-order chi connectivity index (χ1) is 7.13. The number of carbonyl (C=O) groups excluding carboxylic acids is 1. The number of nitrogens with one attached hydrogen (secondary N) is 1. The van der Waals surface area contributed by atoms with E-state index in [2.05, 4.69) is 10.3 Å². The molecule has 0 saturated heterocycles. The van der Waals surface area contributed by atoms with Crippen LogP contribution in [-0.4, -0.2) is 27.9 Å². The number of imidazole rings is 1. The van der Waals surface area contributed by atoms with E-state index in [1.807, 2.05) is 31.7 Å². The third kappa shape index (κ3) is 3.83. The van der Waals surface area contributed by atoms with E-state index in [4.69, 9.17) is 0 Å². The van der Waals surface area contributed by atoms with E-state index in [1.165, 1.54) is 0 Å². The first-order valence-electron chi connectivity index (χ1n) is 5.34. The lowest BCUT2D eigenvalue weighted by Gasteiger charge is -2.10. The molecule has 4 heteroatoms. The minimum Gasteiger partial charge on any atom is -0.338 e. The highest BCUT2D eigenvalue weighted by molar-refractivity contribution is 5.80. The summed E-state index contributed by atoms with van der Waals surface area (Å²) in [5, 5.41) is 3.22. The molecule has 1 heterocycles. The monoisotopic (exact) mass is 209 g/mol. The molecule has 0 aromatic carbocycles. The Kier molecular flexibility index (Phi) is 4.49. The molecular formula is C11H19N3O. The lowest BCUT2D eigenvalue weighted by atomic mass is 10.1. The second kappa shape index (κ2) is 5.66. The van der Waals surface area contributed by atoms with Gasteiger partial charge >= 0.3 is 0 Å². The van der Waals surface area contributed by atoms with Crippen molar-refractivity contribution in [2.45, 2.75) is 32.7 Å². The Labute approximate surface area is 90.7 Å². The van der Waals surface area contributed by atoms with E-state index < -0.39 is 0 Å². The molecule has 1 N–H and O–H groups in total. The SMILES string of the molecule is CCNC(C)CC(=O)Cc1nccn1C. The van der Waals surface area contributed by atoms with Gasteiger partial charge in [-0.1, -0.05) is 6.92 Å². The Balaban J connectivity index is 2.40. The van der Waals surface area contributed by atoms with Crippen molar-refractivity contribution in [2.24, 2.45) is 7.05 Å². The van der Waals surface area contributed by atoms with Gasteiger partial charge in [-0.15, -0.1) is 0 Å². The van der Waals surface area contributed by atoms with Crippen molar-refractivity contribution in [1.82, 2.24) is 14.9 Å². The third-order valence-corrected chi connectivity index (χ3v) is 2.36. The standard InChI is InChI=1S/C11H19N3O/c1-4-12-9(2)7-10(15)8-11-13-5-6-14(11)3/h5-6,9,12H,4,7-8H2,1-3H3. The van der Waals surface area contributed by atoms with Crippen LogP contribution >= 0.6 is 0 Å². The van der Waals surface area contributed by atoms with Crippen LogP contribution in [0.2, 0.25) is 0 Å². The minimum atomic E-state index is 0.234. The summed E-state index contributed by atoms with van der Waals surface area (Å²) in [5.74, 6) is 1.07. The maximum absolute atomic E-state index is 11.7. The summed E-state index contributed by atoms with van der Waals surface area (Å²) < 4.78 is 1.88. The highest BCUT2D eigenvalue weighted by atomic mass is 16.1. The van der Waals surface area contributed by atoms with Crippen LogP contribution in [0.1, 0.15) is 26.1 Å². The van der Waals surface area contributed by atoms with Crippen molar-refractivity contribution in [2.75, 3.05) is 6.54 Å². The first kappa shape index (κ1) is 11.9. The molecule has 1 aromatic heterocycles. The lowest BCUT2D eigenvalue weighted by Crippen LogP contribution is -2.28. The Morgan fingerprint density at radius 1 is 1.67 bits per heavy atom. The Bertz CT molecular complexity index is 319. The molecule has 0 bridgehead atoms. The fourth-order valence-electron chi connectivity index (χ4n) is 1.58. The largest absolute Gasteiger partial charge is 0.338 e. The molecular weight excluding hydrogens is 190 g/mol. The molecule has 0 saturated carbocycles. The molecule has 0 radical (unpaired) electrons. The predicted molar refractivity (Wildman–Crippen MR) is 59.7 cm³/mol. The van der Waals surface area contributed by atoms with Crippen molar-refractivity contribution in [3.63, 3.8) is 0 Å². The van der Waals surface area contributed by atoms with Gasteiger partial charge in [0.2, 0.25) is 0 Å². The van der Waals surface area contributed by atoms with Crippen LogP contribution in [0.25, 0.3) is 0 Å². The lowest BCUT2D eigenvalue weighted by molar-refractivity contribution is -0.118. The summed E-state index contributed by atoms with van der Waals surface area (Å²) in [6.07, 6.45) is 4.58. The van der Waals surface area contributed by atoms with Gasteiger partial charge in [-0.25, -0.2) is 4.98 Å². The molecule has 1 rings (SSSR count). The van der Waals surface area contributed by atoms with E-state index in [1.54, 1.807) is 6.20 Å². The fraction of sp³-hybridized carbons (Fsp3) is 0.636. The number of carbonyl (C=O) groups is 1. The summed E-state index contributed by atoms with van der Waals surface area (Å²) >= 11 is 0. The van der Waals surface area contributed by atoms with Crippen LogP contribution in [0.15, 0.2) is 12.4 Å². The van der Waals surface area contributed by atoms with Gasteiger partial charge in [-0.3, -0.25) is 4.79 Å². The van der Waals surface area contributed by atoms with E-state index in [0.717, 1.165) is 12.4 Å². The highest BCUT2D eigenvalue weighted by Gasteiger charge is 2.10. The summed E-state index contributed by atoms with van der Waals surface area (Å²) in [7, 11) is 1.91. The molecule has 0 aliphatic rings. The van der Waals surface area contributed by atoms with Gasteiger partial charge in [0.1, 0.15) is 11.6 Å². The number of aromatic nitrogens is 2. The molecule has 0 aliphatic heterocycles. The van der Waals surface area contributed by atoms with Crippen LogP contribution in [-0.2, 0) is 18.3 Å². The summed E-state index contributed by atoms with van der Waals surface area (Å²) in [5.41, 5.74) is 0. The molecule has 1 atom stereocenters. The Hall–Kier alpha value is -1.16. The number of rotatable bonds is 6. The average Bonchev–Trinajstić information content (AvgIpc) is 2.52. The van der Waals surface area contributed by atoms with E-state index >= 15 is 0 Å². The molecule has 0 aliphatic carbocycles. The van der Waals surface area contributed by atoms with E-state index in [9.17, 15) is 4.79 Å². The van der Waals surface area contributed by atoms with Gasteiger partial charge in [-0.2, -0.15) is 0 Å². The van der Waals surface area contributed by atoms with Crippen LogP contribution in [0, 0.1) is 0 Å². The van der Waals surface area contributed by atoms with Gasteiger partial charge < -0.3 is 9.88 Å². The van der Waals surface area contributed by atoms with Crippen molar-refractivity contribution >= 4 is 5.78 Å². The Morgan fingerprint density at radius 3 is 2.93 bits per heavy atom. The number of Topliss-reactive ketones (excluding diaryl/α,β-unsaturated/α-hetero) is 1. The molecule has 1 aromatic rings. The van der Waals surface area contributed by atoms with Gasteiger partial charge in [-0.05, 0) is 13.5 Å². The van der Waals surface area contributed by atoms with Crippen LogP contribution in [0.4, 0.5) is 0 Å². The van der Waals surface area contributed by atoms with Gasteiger partial charge in [0, 0.05) is 31.9 Å². The maximum Gasteiger partial charge on any atom is 0.141 e. The average molecular weight is 209 g/mol. The smallest absolute Gasteiger partial charge is 0.141 e. The molecule has 15 heavy (non-hydrogen) atoms. The van der Waals surface area contributed by atoms with Crippen molar-refractivity contribution < 1.29 is 4.79 Å². The zero-order valence-corrected chi connectivity index (χ0v) is 9.66. The predicted octanol–water partition coefficient (Wildman–Crippen LogP) is 0.920. The summed E-state index contributed by atoms with van der Waals surface area (Å²) in [4.78, 5) is 15.8. The minimum absolute atomic E-state index is 0.234. The van der Waals surface area contributed by atoms with Crippen LogP contribution in [0.3, 0.4) is 0 Å². The van der Waals surface area contributed by atoms with Crippen molar-refractivity contribution in [1.29, 1.82) is 0 Å². The fourth-order valence-corrected chi connectivity index (χ4v) is 1.58. The molecule has 0 amide bonds. The highest BCUT2D eigenvalue weighted by Crippen LogP contribution is 2.01. The first-order valence-corrected chi connectivity index (χ1v) is 5.34. The molecule has 0 spiro atoms. The second-order valence-corrected chi connectivity index (χ2v) is 3.83. The Morgan fingerprint density at radius 2 is 2.40 bits per heavy atom. The topological polar surface area (TPSA) is 46.9 Å². The third-order valence-electron chi connectivity index (χ3n) is 2.36. The zero-order chi connectivity index (χ0) is 11.3. The summed E-state index contributed by atoms with van der Waals surface area (Å²) in [6, 6.07) is 0.253. The molecule has 84 valence electrons.